The fourth-order valence-electron chi connectivity index (χ4n) is 0.645. The van der Waals surface area contributed by atoms with E-state index >= 15 is 0 Å². The minimum absolute atomic E-state index is 0.191. The molecular formula is C8H7ClN2O. The van der Waals surface area contributed by atoms with Crippen LogP contribution in [0.2, 0.25) is 5.15 Å². The van der Waals surface area contributed by atoms with Gasteiger partial charge in [-0.1, -0.05) is 17.5 Å². The molecule has 0 amide bonds. The molecule has 3 nitrogen and oxygen atoms in total. The molecule has 1 heterocycles. The van der Waals surface area contributed by atoms with Gasteiger partial charge in [0.25, 0.3) is 0 Å². The van der Waals surface area contributed by atoms with Crippen molar-refractivity contribution in [2.45, 2.75) is 0 Å². The first-order valence-electron chi connectivity index (χ1n) is 3.26. The highest BCUT2D eigenvalue weighted by Gasteiger charge is 1.96. The van der Waals surface area contributed by atoms with Crippen LogP contribution in [0.5, 0.6) is 0 Å². The van der Waals surface area contributed by atoms with Crippen molar-refractivity contribution in [3.63, 3.8) is 0 Å². The summed E-state index contributed by atoms with van der Waals surface area (Å²) in [5.41, 5.74) is 6.35. The minimum atomic E-state index is -0.191. The number of nitrogen functional groups attached to an aromatic ring is 1. The number of aliphatic hydroxyl groups is 1. The Morgan fingerprint density at radius 3 is 2.92 bits per heavy atom. The first kappa shape index (κ1) is 8.85. The number of pyridine rings is 1. The van der Waals surface area contributed by atoms with Crippen molar-refractivity contribution in [2.75, 3.05) is 12.3 Å². The monoisotopic (exact) mass is 182 g/mol. The van der Waals surface area contributed by atoms with Gasteiger partial charge in [0.15, 0.2) is 5.15 Å². The highest BCUT2D eigenvalue weighted by molar-refractivity contribution is 6.31. The van der Waals surface area contributed by atoms with Crippen molar-refractivity contribution in [2.24, 2.45) is 0 Å². The van der Waals surface area contributed by atoms with E-state index in [1.54, 1.807) is 12.1 Å². The highest BCUT2D eigenvalue weighted by Crippen LogP contribution is 2.14. The van der Waals surface area contributed by atoms with Crippen LogP contribution in [-0.4, -0.2) is 16.7 Å². The number of nitrogens with two attached hydrogens (primary N) is 1. The fourth-order valence-corrected chi connectivity index (χ4v) is 0.799. The summed E-state index contributed by atoms with van der Waals surface area (Å²) in [5.74, 6) is 5.07. The van der Waals surface area contributed by atoms with Crippen LogP contribution in [0.25, 0.3) is 0 Å². The van der Waals surface area contributed by atoms with Gasteiger partial charge in [0.2, 0.25) is 0 Å². The number of anilines is 1. The molecule has 0 aliphatic heterocycles. The normalized spacial score (nSPS) is 8.83. The molecule has 0 saturated carbocycles. The summed E-state index contributed by atoms with van der Waals surface area (Å²) in [5, 5.41) is 8.63. The molecule has 62 valence electrons. The van der Waals surface area contributed by atoms with Gasteiger partial charge < -0.3 is 10.8 Å². The number of aromatic nitrogens is 1. The predicted octanol–water partition coefficient (Wildman–Crippen LogP) is 0.661. The Bertz CT molecular complexity index is 341. The van der Waals surface area contributed by atoms with E-state index in [1.165, 1.54) is 0 Å². The average Bonchev–Trinajstić information content (AvgIpc) is 2.07. The van der Waals surface area contributed by atoms with Crippen molar-refractivity contribution in [1.29, 1.82) is 0 Å². The first-order valence-corrected chi connectivity index (χ1v) is 3.63. The van der Waals surface area contributed by atoms with Crippen LogP contribution in [0.15, 0.2) is 12.1 Å². The van der Waals surface area contributed by atoms with Crippen LogP contribution in [0.4, 0.5) is 5.69 Å². The topological polar surface area (TPSA) is 59.1 Å². The average molecular weight is 183 g/mol. The molecule has 1 rings (SSSR count). The van der Waals surface area contributed by atoms with E-state index in [1.807, 2.05) is 0 Å². The lowest BCUT2D eigenvalue weighted by Gasteiger charge is -1.95. The number of hydrogen-bond acceptors (Lipinski definition) is 3. The smallest absolute Gasteiger partial charge is 0.153 e. The molecule has 0 bridgehead atoms. The standard InChI is InChI=1S/C8H7ClN2O/c9-8-7(10)4-3-6(11-8)2-1-5-12/h3-4,12H,5,10H2. The van der Waals surface area contributed by atoms with Gasteiger partial charge in [-0.2, -0.15) is 0 Å². The zero-order valence-corrected chi connectivity index (χ0v) is 6.97. The summed E-state index contributed by atoms with van der Waals surface area (Å²) in [4.78, 5) is 3.87. The van der Waals surface area contributed by atoms with Crippen molar-refractivity contribution in [3.05, 3.63) is 23.0 Å². The zero-order chi connectivity index (χ0) is 8.97. The summed E-state index contributed by atoms with van der Waals surface area (Å²) in [6.07, 6.45) is 0. The second-order valence-electron chi connectivity index (χ2n) is 2.04. The molecule has 0 aliphatic rings. The van der Waals surface area contributed by atoms with E-state index < -0.39 is 0 Å². The van der Waals surface area contributed by atoms with Crippen LogP contribution in [-0.2, 0) is 0 Å². The number of hydrogen-bond donors (Lipinski definition) is 2. The van der Waals surface area contributed by atoms with Crippen molar-refractivity contribution in [1.82, 2.24) is 4.98 Å². The number of nitrogens with zero attached hydrogens (tertiary/aromatic N) is 1. The Hall–Kier alpha value is -1.24. The summed E-state index contributed by atoms with van der Waals surface area (Å²) in [7, 11) is 0. The Balaban J connectivity index is 2.97. The van der Waals surface area contributed by atoms with Crippen molar-refractivity contribution in [3.8, 4) is 11.8 Å². The van der Waals surface area contributed by atoms with Gasteiger partial charge in [0.1, 0.15) is 12.3 Å². The Labute approximate surface area is 75.2 Å². The van der Waals surface area contributed by atoms with E-state index in [0.717, 1.165) is 0 Å². The third-order valence-corrected chi connectivity index (χ3v) is 1.48. The lowest BCUT2D eigenvalue weighted by atomic mass is 10.3. The predicted molar refractivity (Wildman–Crippen MR) is 47.6 cm³/mol. The molecule has 0 unspecified atom stereocenters. The summed E-state index contributed by atoms with van der Waals surface area (Å²) < 4.78 is 0. The van der Waals surface area contributed by atoms with Gasteiger partial charge in [-0.05, 0) is 18.1 Å². The number of aliphatic hydroxyl groups excluding tert-OH is 1. The van der Waals surface area contributed by atoms with Crippen molar-refractivity contribution < 1.29 is 5.11 Å². The van der Waals surface area contributed by atoms with Gasteiger partial charge in [-0.3, -0.25) is 0 Å². The van der Waals surface area contributed by atoms with Crippen molar-refractivity contribution >= 4 is 17.3 Å². The first-order chi connectivity index (χ1) is 5.74. The highest BCUT2D eigenvalue weighted by atomic mass is 35.5. The number of halogens is 1. The molecule has 3 N–H and O–H groups in total. The Morgan fingerprint density at radius 2 is 2.33 bits per heavy atom. The van der Waals surface area contributed by atoms with Crippen LogP contribution < -0.4 is 5.73 Å². The maximum atomic E-state index is 8.39. The van der Waals surface area contributed by atoms with E-state index in [-0.39, 0.29) is 11.8 Å². The third kappa shape index (κ3) is 2.12. The van der Waals surface area contributed by atoms with Gasteiger partial charge in [0.05, 0.1) is 5.69 Å². The largest absolute Gasteiger partial charge is 0.396 e. The molecule has 0 aliphatic carbocycles. The minimum Gasteiger partial charge on any atom is -0.396 e. The van der Waals surface area contributed by atoms with Crippen LogP contribution in [0.3, 0.4) is 0 Å². The van der Waals surface area contributed by atoms with E-state index in [9.17, 15) is 0 Å². The van der Waals surface area contributed by atoms with Crippen LogP contribution in [0.1, 0.15) is 5.69 Å². The molecule has 0 saturated heterocycles. The fraction of sp³-hybridized carbons (Fsp3) is 0.125. The lowest BCUT2D eigenvalue weighted by Crippen LogP contribution is -1.91. The number of rotatable bonds is 0. The van der Waals surface area contributed by atoms with Gasteiger partial charge in [0, 0.05) is 0 Å². The third-order valence-electron chi connectivity index (χ3n) is 1.17. The molecule has 0 fully saturated rings. The Kier molecular flexibility index (Phi) is 2.92. The molecule has 1 aromatic heterocycles. The summed E-state index contributed by atoms with van der Waals surface area (Å²) in [6.45, 7) is -0.191. The molecule has 0 radical (unpaired) electrons. The van der Waals surface area contributed by atoms with Gasteiger partial charge in [-0.25, -0.2) is 4.98 Å². The van der Waals surface area contributed by atoms with Gasteiger partial charge >= 0.3 is 0 Å². The second-order valence-corrected chi connectivity index (χ2v) is 2.39. The van der Waals surface area contributed by atoms with Gasteiger partial charge in [-0.15, -0.1) is 0 Å². The zero-order valence-electron chi connectivity index (χ0n) is 6.21. The van der Waals surface area contributed by atoms with Crippen LogP contribution in [0, 0.1) is 11.8 Å². The quantitative estimate of drug-likeness (QED) is 0.458. The summed E-state index contributed by atoms with van der Waals surface area (Å²) in [6, 6.07) is 3.26. The second kappa shape index (κ2) is 3.96. The summed E-state index contributed by atoms with van der Waals surface area (Å²) >= 11 is 5.63. The maximum absolute atomic E-state index is 8.39. The molecular weight excluding hydrogens is 176 g/mol. The molecule has 0 spiro atoms. The SMILES string of the molecule is Nc1ccc(C#CCO)nc1Cl. The molecule has 0 atom stereocenters. The molecule has 4 heteroatoms. The van der Waals surface area contributed by atoms with Crippen LogP contribution >= 0.6 is 11.6 Å². The van der Waals surface area contributed by atoms with E-state index in [2.05, 4.69) is 16.8 Å². The maximum Gasteiger partial charge on any atom is 0.153 e. The lowest BCUT2D eigenvalue weighted by molar-refractivity contribution is 0.350. The van der Waals surface area contributed by atoms with E-state index in [4.69, 9.17) is 22.4 Å². The molecule has 12 heavy (non-hydrogen) atoms. The Morgan fingerprint density at radius 1 is 1.58 bits per heavy atom. The van der Waals surface area contributed by atoms with E-state index in [0.29, 0.717) is 11.4 Å². The molecule has 0 aromatic carbocycles. The molecule has 1 aromatic rings.